The quantitative estimate of drug-likeness (QED) is 0.349. The summed E-state index contributed by atoms with van der Waals surface area (Å²) in [5, 5.41) is 0.875. The van der Waals surface area contributed by atoms with Crippen LogP contribution in [0.5, 0.6) is 11.5 Å². The second-order valence-electron chi connectivity index (χ2n) is 9.06. The summed E-state index contributed by atoms with van der Waals surface area (Å²) in [4.78, 5) is 20.6. The van der Waals surface area contributed by atoms with Gasteiger partial charge in [-0.05, 0) is 55.0 Å². The van der Waals surface area contributed by atoms with E-state index in [-0.39, 0.29) is 5.91 Å². The second kappa shape index (κ2) is 10.2. The number of ether oxygens (including phenoxy) is 2. The summed E-state index contributed by atoms with van der Waals surface area (Å²) in [5.41, 5.74) is 4.39. The van der Waals surface area contributed by atoms with Gasteiger partial charge in [-0.2, -0.15) is 0 Å². The molecule has 5 nitrogen and oxygen atoms in total. The maximum absolute atomic E-state index is 13.8. The van der Waals surface area contributed by atoms with Crippen LogP contribution in [-0.2, 0) is 6.42 Å². The Balaban J connectivity index is 1.43. The van der Waals surface area contributed by atoms with E-state index in [1.54, 1.807) is 14.2 Å². The van der Waals surface area contributed by atoms with E-state index in [0.717, 1.165) is 48.8 Å². The largest absolute Gasteiger partial charge is 0.497 e. The molecule has 1 aromatic heterocycles. The lowest BCUT2D eigenvalue weighted by molar-refractivity contribution is 0.0692. The standard InChI is InChI=1S/C30H30N2O3/c1-34-23-12-13-25(29(19-23)35-2)28-20-26(24-10-6-7-11-27(24)31-28)30(33)32-16-14-22(15-17-32)18-21-8-4-3-5-9-21/h3-13,19-20,22H,14-18H2,1-2H3. The monoisotopic (exact) mass is 466 g/mol. The van der Waals surface area contributed by atoms with Gasteiger partial charge in [0.25, 0.3) is 5.91 Å². The molecule has 0 spiro atoms. The molecule has 4 aromatic rings. The lowest BCUT2D eigenvalue weighted by Crippen LogP contribution is -2.39. The Hall–Kier alpha value is -3.86. The van der Waals surface area contributed by atoms with Crippen LogP contribution in [0.1, 0.15) is 28.8 Å². The summed E-state index contributed by atoms with van der Waals surface area (Å²) >= 11 is 0. The van der Waals surface area contributed by atoms with Crippen LogP contribution >= 0.6 is 0 Å². The van der Waals surface area contributed by atoms with Crippen LogP contribution in [0.15, 0.2) is 78.9 Å². The molecule has 35 heavy (non-hydrogen) atoms. The summed E-state index contributed by atoms with van der Waals surface area (Å²) in [7, 11) is 3.26. The number of nitrogens with zero attached hydrogens (tertiary/aromatic N) is 2. The van der Waals surface area contributed by atoms with E-state index >= 15 is 0 Å². The Morgan fingerprint density at radius 2 is 1.66 bits per heavy atom. The van der Waals surface area contributed by atoms with Gasteiger partial charge in [-0.3, -0.25) is 4.79 Å². The topological polar surface area (TPSA) is 51.7 Å². The van der Waals surface area contributed by atoms with Gasteiger partial charge in [0.15, 0.2) is 0 Å². The lowest BCUT2D eigenvalue weighted by Gasteiger charge is -2.32. The Labute approximate surface area is 206 Å². The lowest BCUT2D eigenvalue weighted by atomic mass is 9.90. The van der Waals surface area contributed by atoms with Gasteiger partial charge in [0, 0.05) is 30.1 Å². The van der Waals surface area contributed by atoms with Crippen LogP contribution in [0, 0.1) is 5.92 Å². The zero-order valence-corrected chi connectivity index (χ0v) is 20.2. The van der Waals surface area contributed by atoms with Gasteiger partial charge in [0.05, 0.1) is 31.0 Å². The average Bonchev–Trinajstić information content (AvgIpc) is 2.92. The van der Waals surface area contributed by atoms with Crippen molar-refractivity contribution in [2.24, 2.45) is 5.92 Å². The molecular weight excluding hydrogens is 436 g/mol. The number of benzene rings is 3. The van der Waals surface area contributed by atoms with Crippen molar-refractivity contribution in [3.63, 3.8) is 0 Å². The van der Waals surface area contributed by atoms with Crippen LogP contribution < -0.4 is 9.47 Å². The fraction of sp³-hybridized carbons (Fsp3) is 0.267. The highest BCUT2D eigenvalue weighted by atomic mass is 16.5. The molecule has 1 fully saturated rings. The van der Waals surface area contributed by atoms with Gasteiger partial charge in [0.2, 0.25) is 0 Å². The minimum atomic E-state index is 0.0653. The highest BCUT2D eigenvalue weighted by Crippen LogP contribution is 2.35. The fourth-order valence-electron chi connectivity index (χ4n) is 4.96. The average molecular weight is 467 g/mol. The predicted octanol–water partition coefficient (Wildman–Crippen LogP) is 6.01. The number of carbonyl (C=O) groups excluding carboxylic acids is 1. The molecule has 5 heteroatoms. The van der Waals surface area contributed by atoms with Gasteiger partial charge < -0.3 is 14.4 Å². The van der Waals surface area contributed by atoms with Crippen LogP contribution in [-0.4, -0.2) is 43.1 Å². The number of methoxy groups -OCH3 is 2. The summed E-state index contributed by atoms with van der Waals surface area (Å²) in [6.45, 7) is 1.54. The van der Waals surface area contributed by atoms with Crippen LogP contribution in [0.3, 0.4) is 0 Å². The van der Waals surface area contributed by atoms with E-state index in [9.17, 15) is 4.79 Å². The fourth-order valence-corrected chi connectivity index (χ4v) is 4.96. The minimum absolute atomic E-state index is 0.0653. The van der Waals surface area contributed by atoms with Crippen molar-refractivity contribution < 1.29 is 14.3 Å². The highest BCUT2D eigenvalue weighted by molar-refractivity contribution is 6.07. The number of piperidine rings is 1. The number of amides is 1. The van der Waals surface area contributed by atoms with E-state index in [4.69, 9.17) is 14.5 Å². The van der Waals surface area contributed by atoms with Gasteiger partial charge >= 0.3 is 0 Å². The first kappa shape index (κ1) is 22.9. The van der Waals surface area contributed by atoms with E-state index < -0.39 is 0 Å². The highest BCUT2D eigenvalue weighted by Gasteiger charge is 2.26. The number of likely N-dealkylation sites (tertiary alicyclic amines) is 1. The minimum Gasteiger partial charge on any atom is -0.497 e. The molecule has 1 aliphatic heterocycles. The zero-order valence-electron chi connectivity index (χ0n) is 20.2. The smallest absolute Gasteiger partial charge is 0.254 e. The summed E-state index contributed by atoms with van der Waals surface area (Å²) < 4.78 is 11.0. The molecule has 2 heterocycles. The third kappa shape index (κ3) is 4.85. The first-order chi connectivity index (χ1) is 17.2. The number of para-hydroxylation sites is 1. The predicted molar refractivity (Wildman–Crippen MR) is 139 cm³/mol. The van der Waals surface area contributed by atoms with Crippen molar-refractivity contribution >= 4 is 16.8 Å². The molecule has 1 saturated heterocycles. The molecule has 178 valence electrons. The maximum atomic E-state index is 13.8. The Kier molecular flexibility index (Phi) is 6.66. The number of fused-ring (bicyclic) bond motifs is 1. The maximum Gasteiger partial charge on any atom is 0.254 e. The summed E-state index contributed by atoms with van der Waals surface area (Å²) in [5.74, 6) is 2.04. The Morgan fingerprint density at radius 1 is 0.914 bits per heavy atom. The van der Waals surface area contributed by atoms with E-state index in [2.05, 4.69) is 30.3 Å². The van der Waals surface area contributed by atoms with E-state index in [1.165, 1.54) is 5.56 Å². The third-order valence-corrected chi connectivity index (χ3v) is 6.90. The van der Waals surface area contributed by atoms with Crippen molar-refractivity contribution in [1.29, 1.82) is 0 Å². The first-order valence-electron chi connectivity index (χ1n) is 12.1. The van der Waals surface area contributed by atoms with Gasteiger partial charge in [-0.25, -0.2) is 4.98 Å². The molecule has 0 saturated carbocycles. The van der Waals surface area contributed by atoms with E-state index in [1.807, 2.05) is 53.4 Å². The van der Waals surface area contributed by atoms with Crippen molar-refractivity contribution in [1.82, 2.24) is 9.88 Å². The normalized spacial score (nSPS) is 14.2. The number of aromatic nitrogens is 1. The van der Waals surface area contributed by atoms with Crippen LogP contribution in [0.2, 0.25) is 0 Å². The van der Waals surface area contributed by atoms with Crippen molar-refractivity contribution in [2.75, 3.05) is 27.3 Å². The molecule has 3 aromatic carbocycles. The second-order valence-corrected chi connectivity index (χ2v) is 9.06. The number of rotatable bonds is 6. The molecule has 0 N–H and O–H groups in total. The van der Waals surface area contributed by atoms with Crippen LogP contribution in [0.4, 0.5) is 0 Å². The number of carbonyl (C=O) groups is 1. The molecular formula is C30H30N2O3. The molecule has 0 unspecified atom stereocenters. The number of hydrogen-bond acceptors (Lipinski definition) is 4. The molecule has 1 amide bonds. The van der Waals surface area contributed by atoms with Gasteiger partial charge in [0.1, 0.15) is 11.5 Å². The van der Waals surface area contributed by atoms with Crippen molar-refractivity contribution in [3.8, 4) is 22.8 Å². The SMILES string of the molecule is COc1ccc(-c2cc(C(=O)N3CCC(Cc4ccccc4)CC3)c3ccccc3n2)c(OC)c1. The molecule has 0 bridgehead atoms. The molecule has 1 aliphatic rings. The van der Waals surface area contributed by atoms with Gasteiger partial charge in [-0.1, -0.05) is 48.5 Å². The van der Waals surface area contributed by atoms with Crippen molar-refractivity contribution in [3.05, 3.63) is 90.0 Å². The molecule has 5 rings (SSSR count). The third-order valence-electron chi connectivity index (χ3n) is 6.90. The van der Waals surface area contributed by atoms with Crippen molar-refractivity contribution in [2.45, 2.75) is 19.3 Å². The number of pyridine rings is 1. The van der Waals surface area contributed by atoms with Gasteiger partial charge in [-0.15, -0.1) is 0 Å². The number of hydrogen-bond donors (Lipinski definition) is 0. The summed E-state index contributed by atoms with van der Waals surface area (Å²) in [6, 6.07) is 26.0. The first-order valence-corrected chi connectivity index (χ1v) is 12.1. The van der Waals surface area contributed by atoms with E-state index in [0.29, 0.717) is 28.7 Å². The molecule has 0 radical (unpaired) electrons. The molecule has 0 atom stereocenters. The zero-order chi connectivity index (χ0) is 24.2. The Bertz CT molecular complexity index is 1330. The Morgan fingerprint density at radius 3 is 2.40 bits per heavy atom. The summed E-state index contributed by atoms with van der Waals surface area (Å²) in [6.07, 6.45) is 3.11. The molecule has 0 aliphatic carbocycles. The van der Waals surface area contributed by atoms with Crippen LogP contribution in [0.25, 0.3) is 22.2 Å².